The van der Waals surface area contributed by atoms with Crippen molar-refractivity contribution in [2.45, 2.75) is 6.42 Å². The maximum Gasteiger partial charge on any atom is 0.344 e. The number of rotatable bonds is 5. The van der Waals surface area contributed by atoms with Crippen LogP contribution in [-0.2, 0) is 11.2 Å². The summed E-state index contributed by atoms with van der Waals surface area (Å²) in [6.07, 6.45) is 4.05. The largest absolute Gasteiger partial charge is 0.496 e. The van der Waals surface area contributed by atoms with E-state index in [1.54, 1.807) is 30.6 Å². The van der Waals surface area contributed by atoms with Crippen molar-refractivity contribution in [1.82, 2.24) is 4.98 Å². The lowest BCUT2D eigenvalue weighted by Gasteiger charge is -2.10. The zero-order valence-corrected chi connectivity index (χ0v) is 11.2. The molecule has 2 rings (SSSR count). The zero-order chi connectivity index (χ0) is 14.4. The van der Waals surface area contributed by atoms with Crippen molar-refractivity contribution in [3.8, 4) is 5.75 Å². The molecule has 2 N–H and O–H groups in total. The third kappa shape index (κ3) is 3.26. The molecule has 20 heavy (non-hydrogen) atoms. The van der Waals surface area contributed by atoms with Gasteiger partial charge in [-0.2, -0.15) is 0 Å². The number of aromatic nitrogens is 1. The van der Waals surface area contributed by atoms with Gasteiger partial charge >= 0.3 is 5.97 Å². The smallest absolute Gasteiger partial charge is 0.344 e. The molecule has 0 saturated heterocycles. The molecular weight excluding hydrogens is 256 g/mol. The molecule has 5 nitrogen and oxygen atoms in total. The van der Waals surface area contributed by atoms with Crippen molar-refractivity contribution < 1.29 is 14.3 Å². The van der Waals surface area contributed by atoms with Crippen molar-refractivity contribution in [3.05, 3.63) is 53.9 Å². The highest BCUT2D eigenvalue weighted by molar-refractivity contribution is 5.98. The molecule has 0 unspecified atom stereocenters. The van der Waals surface area contributed by atoms with Gasteiger partial charge in [-0.1, -0.05) is 12.1 Å². The van der Waals surface area contributed by atoms with Gasteiger partial charge in [0.05, 0.1) is 13.7 Å². The SMILES string of the molecule is COc1cccc(N)c1C(=O)OCCc1cccnc1. The number of esters is 1. The number of hydrogen-bond donors (Lipinski definition) is 1. The quantitative estimate of drug-likeness (QED) is 0.666. The summed E-state index contributed by atoms with van der Waals surface area (Å²) >= 11 is 0. The zero-order valence-electron chi connectivity index (χ0n) is 11.2. The highest BCUT2D eigenvalue weighted by Gasteiger charge is 2.16. The monoisotopic (exact) mass is 272 g/mol. The second kappa shape index (κ2) is 6.56. The standard InChI is InChI=1S/C15H16N2O3/c1-19-13-6-2-5-12(16)14(13)15(18)20-9-7-11-4-3-8-17-10-11/h2-6,8,10H,7,9,16H2,1H3. The molecule has 5 heteroatoms. The Kier molecular flexibility index (Phi) is 4.55. The molecule has 0 spiro atoms. The summed E-state index contributed by atoms with van der Waals surface area (Å²) in [6.45, 7) is 0.266. The number of carbonyl (C=O) groups excluding carboxylic acids is 1. The predicted octanol–water partition coefficient (Wildman–Crippen LogP) is 2.07. The van der Waals surface area contributed by atoms with Gasteiger partial charge in [0.15, 0.2) is 0 Å². The van der Waals surface area contributed by atoms with Gasteiger partial charge in [-0.3, -0.25) is 4.98 Å². The van der Waals surface area contributed by atoms with Gasteiger partial charge < -0.3 is 15.2 Å². The van der Waals surface area contributed by atoms with Crippen LogP contribution in [0.15, 0.2) is 42.7 Å². The third-order valence-corrected chi connectivity index (χ3v) is 2.83. The maximum absolute atomic E-state index is 12.0. The Labute approximate surface area is 117 Å². The van der Waals surface area contributed by atoms with Crippen LogP contribution in [0.5, 0.6) is 5.75 Å². The number of benzene rings is 1. The fourth-order valence-corrected chi connectivity index (χ4v) is 1.82. The number of anilines is 1. The van der Waals surface area contributed by atoms with E-state index in [9.17, 15) is 4.79 Å². The Morgan fingerprint density at radius 3 is 2.85 bits per heavy atom. The summed E-state index contributed by atoms with van der Waals surface area (Å²) in [5.41, 5.74) is 7.41. The molecule has 0 amide bonds. The first-order valence-electron chi connectivity index (χ1n) is 6.21. The fraction of sp³-hybridized carbons (Fsp3) is 0.200. The number of nitrogen functional groups attached to an aromatic ring is 1. The molecule has 0 aliphatic heterocycles. The number of nitrogens with two attached hydrogens (primary N) is 1. The van der Waals surface area contributed by atoms with E-state index in [-0.39, 0.29) is 12.2 Å². The van der Waals surface area contributed by atoms with Gasteiger partial charge in [0, 0.05) is 24.5 Å². The lowest BCUT2D eigenvalue weighted by atomic mass is 10.1. The minimum absolute atomic E-state index is 0.265. The maximum atomic E-state index is 12.0. The van der Waals surface area contributed by atoms with E-state index in [1.165, 1.54) is 7.11 Å². The molecule has 0 atom stereocenters. The molecule has 0 saturated carbocycles. The van der Waals surface area contributed by atoms with Crippen LogP contribution < -0.4 is 10.5 Å². The van der Waals surface area contributed by atoms with Crippen molar-refractivity contribution in [2.24, 2.45) is 0 Å². The molecule has 104 valence electrons. The number of carbonyl (C=O) groups is 1. The minimum Gasteiger partial charge on any atom is -0.496 e. The average Bonchev–Trinajstić information content (AvgIpc) is 2.47. The topological polar surface area (TPSA) is 74.4 Å². The van der Waals surface area contributed by atoms with E-state index in [1.807, 2.05) is 12.1 Å². The first kappa shape index (κ1) is 13.9. The first-order valence-corrected chi connectivity index (χ1v) is 6.21. The van der Waals surface area contributed by atoms with Crippen LogP contribution in [0.25, 0.3) is 0 Å². The fourth-order valence-electron chi connectivity index (χ4n) is 1.82. The van der Waals surface area contributed by atoms with Crippen LogP contribution in [0, 0.1) is 0 Å². The van der Waals surface area contributed by atoms with Crippen LogP contribution in [0.1, 0.15) is 15.9 Å². The Hall–Kier alpha value is -2.56. The van der Waals surface area contributed by atoms with E-state index >= 15 is 0 Å². The Balaban J connectivity index is 1.99. The highest BCUT2D eigenvalue weighted by atomic mass is 16.5. The van der Waals surface area contributed by atoms with Gasteiger partial charge in [-0.25, -0.2) is 4.79 Å². The Morgan fingerprint density at radius 2 is 2.15 bits per heavy atom. The summed E-state index contributed by atoms with van der Waals surface area (Å²) in [5.74, 6) is -0.0692. The molecule has 1 aromatic carbocycles. The Morgan fingerprint density at radius 1 is 1.30 bits per heavy atom. The number of ether oxygens (including phenoxy) is 2. The number of hydrogen-bond acceptors (Lipinski definition) is 5. The van der Waals surface area contributed by atoms with Crippen molar-refractivity contribution in [1.29, 1.82) is 0 Å². The van der Waals surface area contributed by atoms with Crippen molar-refractivity contribution in [2.75, 3.05) is 19.5 Å². The summed E-state index contributed by atoms with van der Waals surface area (Å²) in [4.78, 5) is 16.0. The third-order valence-electron chi connectivity index (χ3n) is 2.83. The van der Waals surface area contributed by atoms with E-state index in [2.05, 4.69) is 4.98 Å². The molecule has 2 aromatic rings. The second-order valence-electron chi connectivity index (χ2n) is 4.17. The summed E-state index contributed by atoms with van der Waals surface area (Å²) in [7, 11) is 1.49. The van der Waals surface area contributed by atoms with Gasteiger partial charge in [0.1, 0.15) is 11.3 Å². The van der Waals surface area contributed by atoms with Gasteiger partial charge in [0.2, 0.25) is 0 Å². The summed E-state index contributed by atoms with van der Waals surface area (Å²) < 4.78 is 10.3. The summed E-state index contributed by atoms with van der Waals surface area (Å²) in [6, 6.07) is 8.81. The number of methoxy groups -OCH3 is 1. The molecule has 1 aromatic heterocycles. The van der Waals surface area contributed by atoms with Crippen LogP contribution in [0.4, 0.5) is 5.69 Å². The van der Waals surface area contributed by atoms with E-state index in [4.69, 9.17) is 15.2 Å². The van der Waals surface area contributed by atoms with Crippen LogP contribution in [0.2, 0.25) is 0 Å². The lowest BCUT2D eigenvalue weighted by molar-refractivity contribution is 0.0507. The van der Waals surface area contributed by atoms with E-state index in [0.29, 0.717) is 17.9 Å². The molecule has 0 aliphatic carbocycles. The van der Waals surface area contributed by atoms with Gasteiger partial charge in [0.25, 0.3) is 0 Å². The van der Waals surface area contributed by atoms with Crippen molar-refractivity contribution >= 4 is 11.7 Å². The van der Waals surface area contributed by atoms with Crippen LogP contribution >= 0.6 is 0 Å². The number of pyridine rings is 1. The van der Waals surface area contributed by atoms with Crippen LogP contribution in [0.3, 0.4) is 0 Å². The lowest BCUT2D eigenvalue weighted by Crippen LogP contribution is -2.12. The van der Waals surface area contributed by atoms with Crippen molar-refractivity contribution in [3.63, 3.8) is 0 Å². The molecule has 0 bridgehead atoms. The first-order chi connectivity index (χ1) is 9.72. The number of nitrogens with zero attached hydrogens (tertiary/aromatic N) is 1. The normalized spacial score (nSPS) is 10.1. The van der Waals surface area contributed by atoms with Gasteiger partial charge in [-0.05, 0) is 23.8 Å². The highest BCUT2D eigenvalue weighted by Crippen LogP contribution is 2.24. The second-order valence-corrected chi connectivity index (χ2v) is 4.17. The van der Waals surface area contributed by atoms with E-state index < -0.39 is 5.97 Å². The Bertz CT molecular complexity index is 585. The summed E-state index contributed by atoms with van der Waals surface area (Å²) in [5, 5.41) is 0. The minimum atomic E-state index is -0.483. The molecule has 0 aliphatic rings. The van der Waals surface area contributed by atoms with E-state index in [0.717, 1.165) is 5.56 Å². The average molecular weight is 272 g/mol. The predicted molar refractivity (Wildman–Crippen MR) is 75.6 cm³/mol. The van der Waals surface area contributed by atoms with Gasteiger partial charge in [-0.15, -0.1) is 0 Å². The molecular formula is C15H16N2O3. The molecule has 0 fully saturated rings. The van der Waals surface area contributed by atoms with Crippen LogP contribution in [-0.4, -0.2) is 24.7 Å². The molecule has 0 radical (unpaired) electrons. The molecule has 1 heterocycles.